The molecule has 0 unspecified atom stereocenters. The summed E-state index contributed by atoms with van der Waals surface area (Å²) in [5.41, 5.74) is 0. The van der Waals surface area contributed by atoms with Crippen molar-refractivity contribution < 1.29 is 21.7 Å². The van der Waals surface area contributed by atoms with Gasteiger partial charge >= 0.3 is 0 Å². The van der Waals surface area contributed by atoms with Crippen molar-refractivity contribution in [3.63, 3.8) is 0 Å². The van der Waals surface area contributed by atoms with Gasteiger partial charge < -0.3 is 27.7 Å². The van der Waals surface area contributed by atoms with E-state index in [-0.39, 0.29) is 21.7 Å². The van der Waals surface area contributed by atoms with Crippen molar-refractivity contribution in [2.75, 3.05) is 0 Å². The summed E-state index contributed by atoms with van der Waals surface area (Å²) in [6.07, 6.45) is 0. The zero-order valence-electron chi connectivity index (χ0n) is 14.1. The van der Waals surface area contributed by atoms with E-state index in [2.05, 4.69) is 39.8 Å². The third-order valence-corrected chi connectivity index (χ3v) is 1.21. The van der Waals surface area contributed by atoms with E-state index in [1.807, 2.05) is 60.7 Å². The molecule has 2 rings (SSSR count). The molecule has 0 aliphatic heterocycles. The molecule has 1 heteroatoms. The Morgan fingerprint density at radius 3 is 0.667 bits per heavy atom. The summed E-state index contributed by atoms with van der Waals surface area (Å²) >= 11 is 0. The van der Waals surface area contributed by atoms with Crippen LogP contribution in [0.15, 0.2) is 60.7 Å². The van der Waals surface area contributed by atoms with Gasteiger partial charge in [-0.3, -0.25) is 0 Å². The maximum absolute atomic E-state index is 3.25. The summed E-state index contributed by atoms with van der Waals surface area (Å²) in [5.74, 6) is 0. The van der Waals surface area contributed by atoms with Crippen molar-refractivity contribution in [1.29, 1.82) is 0 Å². The topological polar surface area (TPSA) is 0 Å². The van der Waals surface area contributed by atoms with E-state index in [4.69, 9.17) is 0 Å². The Hall–Kier alpha value is -0.846. The van der Waals surface area contributed by atoms with E-state index in [1.54, 1.807) is 27.7 Å². The Morgan fingerprint density at radius 2 is 0.619 bits per heavy atom. The fourth-order valence-electron chi connectivity index (χ4n) is 0.684. The van der Waals surface area contributed by atoms with Crippen molar-refractivity contribution in [2.24, 2.45) is 0 Å². The normalized spacial score (nSPS) is 5.71. The van der Waals surface area contributed by atoms with Crippen LogP contribution in [0.5, 0.6) is 0 Å². The molecule has 0 saturated carbocycles. The molecule has 2 aromatic rings. The average Bonchev–Trinajstić information content (AvgIpc) is 2.65. The van der Waals surface area contributed by atoms with Gasteiger partial charge in [-0.05, 0) is 0 Å². The minimum absolute atomic E-state index is 0. The summed E-state index contributed by atoms with van der Waals surface area (Å²) in [6.45, 7) is 20.0. The molecule has 0 aromatic heterocycles. The van der Waals surface area contributed by atoms with Crippen LogP contribution in [0.4, 0.5) is 0 Å². The van der Waals surface area contributed by atoms with Gasteiger partial charge in [0.2, 0.25) is 0 Å². The summed E-state index contributed by atoms with van der Waals surface area (Å²) in [5, 5.41) is 0. The molecule has 0 heterocycles. The molecule has 0 amide bonds. The van der Waals surface area contributed by atoms with Gasteiger partial charge in [0.1, 0.15) is 0 Å². The first-order valence-electron chi connectivity index (χ1n) is 6.65. The van der Waals surface area contributed by atoms with Crippen LogP contribution in [0.2, 0.25) is 0 Å². The molecule has 0 atom stereocenters. The molecule has 2 aromatic carbocycles. The third kappa shape index (κ3) is 45.3. The first kappa shape index (κ1) is 32.2. The van der Waals surface area contributed by atoms with E-state index in [9.17, 15) is 0 Å². The zero-order chi connectivity index (χ0) is 16.5. The molecular weight excluding hydrogens is 288 g/mol. The summed E-state index contributed by atoms with van der Waals surface area (Å²) < 4.78 is 0. The standard InChI is InChI=1S/2C6H5.4C2H5.Ti/c2*1-2-4-6-5-3-1;4*1-2;/h2*1-5H;4*1H2,2H3;/q6*-1;. The molecule has 0 aliphatic carbocycles. The number of hydrogen-bond donors (Lipinski definition) is 0. The van der Waals surface area contributed by atoms with Gasteiger partial charge in [-0.25, -0.2) is 0 Å². The predicted molar refractivity (Wildman–Crippen MR) is 94.7 cm³/mol. The Bertz CT molecular complexity index is 181. The smallest absolute Gasteiger partial charge is 0 e. The summed E-state index contributed by atoms with van der Waals surface area (Å²) in [7, 11) is 0. The van der Waals surface area contributed by atoms with Crippen LogP contribution in [-0.4, -0.2) is 0 Å². The van der Waals surface area contributed by atoms with Gasteiger partial charge in [-0.15, -0.1) is 0 Å². The molecule has 0 aliphatic rings. The molecule has 0 spiro atoms. The van der Waals surface area contributed by atoms with Crippen molar-refractivity contribution in [1.82, 2.24) is 0 Å². The quantitative estimate of drug-likeness (QED) is 0.393. The van der Waals surface area contributed by atoms with Crippen LogP contribution in [0.1, 0.15) is 27.7 Å². The molecule has 0 saturated heterocycles. The van der Waals surface area contributed by atoms with Crippen molar-refractivity contribution in [3.05, 3.63) is 100 Å². The number of rotatable bonds is 0. The molecule has 0 N–H and O–H groups in total. The second-order valence-corrected chi connectivity index (χ2v) is 2.15. The molecule has 21 heavy (non-hydrogen) atoms. The third-order valence-electron chi connectivity index (χ3n) is 1.21. The van der Waals surface area contributed by atoms with Gasteiger partial charge in [0.05, 0.1) is 0 Å². The van der Waals surface area contributed by atoms with Crippen molar-refractivity contribution >= 4 is 0 Å². The largest absolute Gasteiger partial charge is 0.346 e. The van der Waals surface area contributed by atoms with E-state index in [0.717, 1.165) is 0 Å². The maximum Gasteiger partial charge on any atom is 0 e. The molecule has 0 radical (unpaired) electrons. The van der Waals surface area contributed by atoms with E-state index < -0.39 is 0 Å². The second-order valence-electron chi connectivity index (χ2n) is 2.15. The Morgan fingerprint density at radius 1 is 0.429 bits per heavy atom. The van der Waals surface area contributed by atoms with Crippen molar-refractivity contribution in [3.8, 4) is 0 Å². The van der Waals surface area contributed by atoms with E-state index in [1.165, 1.54) is 0 Å². The fourth-order valence-corrected chi connectivity index (χ4v) is 0.684. The Labute approximate surface area is 149 Å². The van der Waals surface area contributed by atoms with Crippen LogP contribution >= 0.6 is 0 Å². The SMILES string of the molecule is [CH2-]C.[CH2-]C.[CH2-]C.[CH2-]C.[Ti].[c-]1ccccc1.[c-]1ccccc1. The minimum Gasteiger partial charge on any atom is -0.346 e. The summed E-state index contributed by atoms with van der Waals surface area (Å²) in [6, 6.07) is 25.0. The Balaban J connectivity index is -0.0000000539. The van der Waals surface area contributed by atoms with Crippen LogP contribution in [0, 0.1) is 39.8 Å². The maximum atomic E-state index is 3.25. The van der Waals surface area contributed by atoms with Crippen LogP contribution < -0.4 is 0 Å². The number of benzene rings is 2. The molecule has 120 valence electrons. The first-order valence-corrected chi connectivity index (χ1v) is 6.65. The van der Waals surface area contributed by atoms with Crippen molar-refractivity contribution in [2.45, 2.75) is 27.7 Å². The molecule has 0 bridgehead atoms. The first-order chi connectivity index (χ1) is 10.0. The van der Waals surface area contributed by atoms with Gasteiger partial charge in [-0.2, -0.15) is 100 Å². The molecule has 0 nitrogen and oxygen atoms in total. The Kier molecular flexibility index (Phi) is 77.8. The van der Waals surface area contributed by atoms with Crippen LogP contribution in [-0.2, 0) is 21.7 Å². The number of hydrogen-bond acceptors (Lipinski definition) is 0. The van der Waals surface area contributed by atoms with Gasteiger partial charge in [-0.1, -0.05) is 0 Å². The predicted octanol–water partition coefficient (Wildman–Crippen LogP) is 6.33. The monoisotopic (exact) mass is 318 g/mol. The zero-order valence-corrected chi connectivity index (χ0v) is 15.7. The fraction of sp³-hybridized carbons (Fsp3) is 0.200. The van der Waals surface area contributed by atoms with Crippen LogP contribution in [0.3, 0.4) is 0 Å². The van der Waals surface area contributed by atoms with Gasteiger partial charge in [0.15, 0.2) is 0 Å². The second kappa shape index (κ2) is 50.7. The van der Waals surface area contributed by atoms with Gasteiger partial charge in [0.25, 0.3) is 0 Å². The average molecular weight is 318 g/mol. The van der Waals surface area contributed by atoms with E-state index >= 15 is 0 Å². The van der Waals surface area contributed by atoms with Gasteiger partial charge in [0, 0.05) is 21.7 Å². The summed E-state index contributed by atoms with van der Waals surface area (Å²) in [4.78, 5) is 0. The van der Waals surface area contributed by atoms with E-state index in [0.29, 0.717) is 0 Å². The molecular formula is C20H30Ti-6. The molecule has 0 fully saturated rings. The van der Waals surface area contributed by atoms with Crippen LogP contribution in [0.25, 0.3) is 0 Å². The minimum atomic E-state index is 0.